The highest BCUT2D eigenvalue weighted by Gasteiger charge is 2.63. The third kappa shape index (κ3) is 1.61. The lowest BCUT2D eigenvalue weighted by atomic mass is 9.84. The van der Waals surface area contributed by atoms with Crippen LogP contribution >= 0.6 is 0 Å². The molecule has 2 aliphatic heterocycles. The third-order valence-corrected chi connectivity index (χ3v) is 4.77. The first-order valence-electron chi connectivity index (χ1n) is 7.18. The van der Waals surface area contributed by atoms with Gasteiger partial charge in [-0.2, -0.15) is 13.2 Å². The van der Waals surface area contributed by atoms with Crippen LogP contribution in [0.4, 0.5) is 18.9 Å². The molecule has 0 saturated carbocycles. The van der Waals surface area contributed by atoms with E-state index in [9.17, 15) is 18.0 Å². The molecule has 0 aromatic heterocycles. The zero-order valence-corrected chi connectivity index (χ0v) is 12.2. The van der Waals surface area contributed by atoms with E-state index in [-0.39, 0.29) is 5.56 Å². The minimum atomic E-state index is -4.47. The molecule has 4 rings (SSSR count). The van der Waals surface area contributed by atoms with Crippen molar-refractivity contribution in [3.05, 3.63) is 65.2 Å². The van der Waals surface area contributed by atoms with Crippen molar-refractivity contribution >= 4 is 11.6 Å². The van der Waals surface area contributed by atoms with Crippen LogP contribution in [-0.2, 0) is 10.3 Å². The SMILES string of the molecule is CN1C(C(F)(F)F)c2ccccc2C12C(=O)Nc1ccccc12. The van der Waals surface area contributed by atoms with Gasteiger partial charge in [-0.15, -0.1) is 0 Å². The van der Waals surface area contributed by atoms with Gasteiger partial charge in [0.2, 0.25) is 0 Å². The first-order valence-corrected chi connectivity index (χ1v) is 7.18. The maximum absolute atomic E-state index is 13.7. The van der Waals surface area contributed by atoms with Crippen molar-refractivity contribution in [2.75, 3.05) is 12.4 Å². The molecule has 2 aliphatic rings. The molecule has 2 atom stereocenters. The number of carbonyl (C=O) groups excluding carboxylic acids is 1. The highest BCUT2D eigenvalue weighted by atomic mass is 19.4. The van der Waals surface area contributed by atoms with E-state index in [0.717, 1.165) is 4.90 Å². The number of benzene rings is 2. The van der Waals surface area contributed by atoms with E-state index in [0.29, 0.717) is 16.8 Å². The lowest BCUT2D eigenvalue weighted by molar-refractivity contribution is -0.188. The van der Waals surface area contributed by atoms with Crippen LogP contribution in [0, 0.1) is 0 Å². The predicted octanol–water partition coefficient (Wildman–Crippen LogP) is 3.43. The molecule has 1 spiro atoms. The molecule has 3 nitrogen and oxygen atoms in total. The highest BCUT2D eigenvalue weighted by molar-refractivity contribution is 6.09. The summed E-state index contributed by atoms with van der Waals surface area (Å²) in [6, 6.07) is 11.4. The van der Waals surface area contributed by atoms with E-state index in [2.05, 4.69) is 5.32 Å². The van der Waals surface area contributed by atoms with Gasteiger partial charge in [-0.1, -0.05) is 42.5 Å². The Balaban J connectivity index is 2.06. The van der Waals surface area contributed by atoms with Crippen molar-refractivity contribution in [1.29, 1.82) is 0 Å². The van der Waals surface area contributed by atoms with Crippen molar-refractivity contribution in [3.8, 4) is 0 Å². The van der Waals surface area contributed by atoms with Gasteiger partial charge >= 0.3 is 6.18 Å². The summed E-state index contributed by atoms with van der Waals surface area (Å²) in [6.07, 6.45) is -4.47. The number of alkyl halides is 3. The summed E-state index contributed by atoms with van der Waals surface area (Å²) in [5.74, 6) is -0.444. The molecule has 6 heteroatoms. The Morgan fingerprint density at radius 2 is 1.65 bits per heavy atom. The Kier molecular flexibility index (Phi) is 2.70. The number of nitrogens with zero attached hydrogens (tertiary/aromatic N) is 1. The quantitative estimate of drug-likeness (QED) is 0.807. The maximum atomic E-state index is 13.7. The number of amides is 1. The van der Waals surface area contributed by atoms with E-state index in [4.69, 9.17) is 0 Å². The Bertz CT molecular complexity index is 817. The van der Waals surface area contributed by atoms with Crippen molar-refractivity contribution in [2.45, 2.75) is 17.8 Å². The van der Waals surface area contributed by atoms with Crippen LogP contribution < -0.4 is 5.32 Å². The molecule has 0 saturated heterocycles. The number of hydrogen-bond donors (Lipinski definition) is 1. The summed E-state index contributed by atoms with van der Waals surface area (Å²) in [5, 5.41) is 2.73. The molecule has 0 radical (unpaired) electrons. The molecule has 2 aromatic rings. The fourth-order valence-electron chi connectivity index (χ4n) is 3.91. The number of rotatable bonds is 0. The number of halogens is 3. The summed E-state index contributed by atoms with van der Waals surface area (Å²) in [7, 11) is 1.36. The predicted molar refractivity (Wildman–Crippen MR) is 78.9 cm³/mol. The molecule has 0 bridgehead atoms. The highest BCUT2D eigenvalue weighted by Crippen LogP contribution is 2.57. The molecule has 0 fully saturated rings. The normalized spacial score (nSPS) is 26.3. The Hall–Kier alpha value is -2.34. The van der Waals surface area contributed by atoms with E-state index in [1.165, 1.54) is 13.1 Å². The van der Waals surface area contributed by atoms with Crippen molar-refractivity contribution in [1.82, 2.24) is 4.90 Å². The fraction of sp³-hybridized carbons (Fsp3) is 0.235. The number of fused-ring (bicyclic) bond motifs is 4. The molecule has 2 heterocycles. The van der Waals surface area contributed by atoms with Gasteiger partial charge in [-0.05, 0) is 24.2 Å². The average Bonchev–Trinajstić information content (AvgIpc) is 2.94. The van der Waals surface area contributed by atoms with E-state index in [1.54, 1.807) is 42.5 Å². The Labute approximate surface area is 130 Å². The monoisotopic (exact) mass is 318 g/mol. The minimum Gasteiger partial charge on any atom is -0.324 e. The largest absolute Gasteiger partial charge is 0.408 e. The topological polar surface area (TPSA) is 32.3 Å². The zero-order valence-electron chi connectivity index (χ0n) is 12.2. The van der Waals surface area contributed by atoms with E-state index >= 15 is 0 Å². The second-order valence-corrected chi connectivity index (χ2v) is 5.85. The fourth-order valence-corrected chi connectivity index (χ4v) is 3.91. The van der Waals surface area contributed by atoms with E-state index < -0.39 is 23.7 Å². The smallest absolute Gasteiger partial charge is 0.324 e. The van der Waals surface area contributed by atoms with Crippen LogP contribution in [0.5, 0.6) is 0 Å². The van der Waals surface area contributed by atoms with Gasteiger partial charge in [0.05, 0.1) is 0 Å². The molecule has 1 amide bonds. The summed E-state index contributed by atoms with van der Waals surface area (Å²) in [4.78, 5) is 13.9. The van der Waals surface area contributed by atoms with Gasteiger partial charge in [0.1, 0.15) is 6.04 Å². The number of anilines is 1. The third-order valence-electron chi connectivity index (χ3n) is 4.77. The van der Waals surface area contributed by atoms with Crippen LogP contribution in [0.3, 0.4) is 0 Å². The summed E-state index contributed by atoms with van der Waals surface area (Å²) in [5.41, 5.74) is 0.211. The van der Waals surface area contributed by atoms with Crippen LogP contribution in [0.25, 0.3) is 0 Å². The molecule has 23 heavy (non-hydrogen) atoms. The van der Waals surface area contributed by atoms with Gasteiger partial charge in [0.25, 0.3) is 5.91 Å². The number of likely N-dealkylation sites (N-methyl/N-ethyl adjacent to an activating group) is 1. The molecular weight excluding hydrogens is 305 g/mol. The zero-order chi connectivity index (χ0) is 16.4. The van der Waals surface area contributed by atoms with Crippen LogP contribution in [0.15, 0.2) is 48.5 Å². The average molecular weight is 318 g/mol. The first kappa shape index (κ1) is 14.3. The van der Waals surface area contributed by atoms with Gasteiger partial charge in [0.15, 0.2) is 5.54 Å². The summed E-state index contributed by atoms with van der Waals surface area (Å²) >= 11 is 0. The lowest BCUT2D eigenvalue weighted by Crippen LogP contribution is -2.48. The molecule has 118 valence electrons. The van der Waals surface area contributed by atoms with Crippen molar-refractivity contribution in [2.24, 2.45) is 0 Å². The molecular formula is C17H13F3N2O. The van der Waals surface area contributed by atoms with Crippen LogP contribution in [0.2, 0.25) is 0 Å². The lowest BCUT2D eigenvalue weighted by Gasteiger charge is -2.34. The van der Waals surface area contributed by atoms with Crippen LogP contribution in [-0.4, -0.2) is 24.0 Å². The number of carbonyl (C=O) groups is 1. The van der Waals surface area contributed by atoms with Crippen LogP contribution in [0.1, 0.15) is 22.7 Å². The second-order valence-electron chi connectivity index (χ2n) is 5.85. The number of para-hydroxylation sites is 1. The second kappa shape index (κ2) is 4.35. The minimum absolute atomic E-state index is 0.134. The van der Waals surface area contributed by atoms with E-state index in [1.807, 2.05) is 0 Å². The first-order chi connectivity index (χ1) is 10.9. The standard InChI is InChI=1S/C17H13F3N2O/c1-22-14(17(18,19)20)10-6-2-3-7-11(10)16(22)12-8-4-5-9-13(12)21-15(16)23/h2-9,14H,1H3,(H,21,23). The van der Waals surface area contributed by atoms with Crippen molar-refractivity contribution in [3.63, 3.8) is 0 Å². The summed E-state index contributed by atoms with van der Waals surface area (Å²) in [6.45, 7) is 0. The van der Waals surface area contributed by atoms with Gasteiger partial charge in [-0.3, -0.25) is 9.69 Å². The molecule has 2 unspecified atom stereocenters. The number of hydrogen-bond acceptors (Lipinski definition) is 2. The van der Waals surface area contributed by atoms with Gasteiger partial charge < -0.3 is 5.32 Å². The molecule has 1 N–H and O–H groups in total. The maximum Gasteiger partial charge on any atom is 0.408 e. The molecule has 2 aromatic carbocycles. The van der Waals surface area contributed by atoms with Gasteiger partial charge in [0, 0.05) is 11.3 Å². The Morgan fingerprint density at radius 1 is 1.04 bits per heavy atom. The Morgan fingerprint density at radius 3 is 2.35 bits per heavy atom. The molecule has 0 aliphatic carbocycles. The van der Waals surface area contributed by atoms with Crippen molar-refractivity contribution < 1.29 is 18.0 Å². The number of nitrogens with one attached hydrogen (secondary N) is 1. The summed E-state index contributed by atoms with van der Waals surface area (Å²) < 4.78 is 41.0. The van der Waals surface area contributed by atoms with Gasteiger partial charge in [-0.25, -0.2) is 0 Å².